The summed E-state index contributed by atoms with van der Waals surface area (Å²) in [5.41, 5.74) is 0.974. The molecule has 0 aliphatic heterocycles. The summed E-state index contributed by atoms with van der Waals surface area (Å²) in [6, 6.07) is 1.84. The monoisotopic (exact) mass is 140 g/mol. The molecule has 0 amide bonds. The van der Waals surface area contributed by atoms with Crippen LogP contribution in [0, 0.1) is 0 Å². The topological polar surface area (TPSA) is 55.0 Å². The van der Waals surface area contributed by atoms with Crippen LogP contribution in [0.4, 0.5) is 0 Å². The number of ether oxygens (including phenoxy) is 1. The number of hydrogen-bond donors (Lipinski definition) is 1. The van der Waals surface area contributed by atoms with Crippen molar-refractivity contribution in [2.75, 3.05) is 6.61 Å². The minimum absolute atomic E-state index is 0.408. The normalized spacial score (nSPS) is 9.20. The standard InChI is InChI=1S/C6H8N2O2/c9-5-10-4-2-6-1-3-7-8-6/h1,3,5H,2,4H2,(H,7,8). The lowest BCUT2D eigenvalue weighted by atomic mass is 10.3. The number of nitrogens with one attached hydrogen (secondary N) is 1. The summed E-state index contributed by atoms with van der Waals surface area (Å²) >= 11 is 0. The molecule has 0 aliphatic carbocycles. The van der Waals surface area contributed by atoms with Gasteiger partial charge in [0.05, 0.1) is 6.61 Å². The van der Waals surface area contributed by atoms with Crippen LogP contribution in [-0.2, 0) is 16.0 Å². The molecule has 0 aliphatic rings. The quantitative estimate of drug-likeness (QED) is 0.477. The van der Waals surface area contributed by atoms with Crippen molar-refractivity contribution in [1.29, 1.82) is 0 Å². The second-order valence-corrected chi connectivity index (χ2v) is 1.80. The number of aromatic nitrogens is 2. The van der Waals surface area contributed by atoms with Gasteiger partial charge >= 0.3 is 0 Å². The Hall–Kier alpha value is -1.32. The van der Waals surface area contributed by atoms with Gasteiger partial charge in [0.1, 0.15) is 0 Å². The van der Waals surface area contributed by atoms with Crippen LogP contribution in [0.2, 0.25) is 0 Å². The van der Waals surface area contributed by atoms with Gasteiger partial charge < -0.3 is 4.74 Å². The van der Waals surface area contributed by atoms with E-state index in [1.54, 1.807) is 6.20 Å². The van der Waals surface area contributed by atoms with Gasteiger partial charge in [-0.25, -0.2) is 0 Å². The molecule has 1 N–H and O–H groups in total. The van der Waals surface area contributed by atoms with E-state index in [1.807, 2.05) is 6.07 Å². The Bertz CT molecular complexity index is 184. The van der Waals surface area contributed by atoms with Crippen molar-refractivity contribution in [2.24, 2.45) is 0 Å². The van der Waals surface area contributed by atoms with Gasteiger partial charge in [-0.1, -0.05) is 0 Å². The van der Waals surface area contributed by atoms with Crippen LogP contribution < -0.4 is 0 Å². The average molecular weight is 140 g/mol. The van der Waals surface area contributed by atoms with Crippen molar-refractivity contribution in [1.82, 2.24) is 10.2 Å². The zero-order valence-corrected chi connectivity index (χ0v) is 5.41. The summed E-state index contributed by atoms with van der Waals surface area (Å²) in [5.74, 6) is 0. The van der Waals surface area contributed by atoms with E-state index in [1.165, 1.54) is 0 Å². The lowest BCUT2D eigenvalue weighted by Gasteiger charge is -1.93. The largest absolute Gasteiger partial charge is 0.467 e. The van der Waals surface area contributed by atoms with Crippen LogP contribution in [0.15, 0.2) is 12.3 Å². The Morgan fingerprint density at radius 2 is 2.70 bits per heavy atom. The third kappa shape index (κ3) is 1.89. The molecule has 0 saturated heterocycles. The molecule has 0 spiro atoms. The van der Waals surface area contributed by atoms with Crippen molar-refractivity contribution >= 4 is 6.47 Å². The summed E-state index contributed by atoms with van der Waals surface area (Å²) in [6.07, 6.45) is 2.36. The average Bonchev–Trinajstić information content (AvgIpc) is 2.41. The van der Waals surface area contributed by atoms with Crippen LogP contribution in [0.1, 0.15) is 5.69 Å². The van der Waals surface area contributed by atoms with E-state index in [9.17, 15) is 4.79 Å². The molecular weight excluding hydrogens is 132 g/mol. The Morgan fingerprint density at radius 1 is 1.80 bits per heavy atom. The lowest BCUT2D eigenvalue weighted by molar-refractivity contribution is -0.128. The molecule has 0 unspecified atom stereocenters. The smallest absolute Gasteiger partial charge is 0.293 e. The van der Waals surface area contributed by atoms with Gasteiger partial charge in [-0.3, -0.25) is 9.89 Å². The molecule has 54 valence electrons. The van der Waals surface area contributed by atoms with Crippen molar-refractivity contribution in [2.45, 2.75) is 6.42 Å². The Balaban J connectivity index is 2.21. The van der Waals surface area contributed by atoms with Gasteiger partial charge in [-0.05, 0) is 6.07 Å². The van der Waals surface area contributed by atoms with Gasteiger partial charge in [0.25, 0.3) is 6.47 Å². The van der Waals surface area contributed by atoms with Crippen molar-refractivity contribution < 1.29 is 9.53 Å². The summed E-state index contributed by atoms with van der Waals surface area (Å²) in [5, 5.41) is 6.48. The van der Waals surface area contributed by atoms with Gasteiger partial charge in [-0.2, -0.15) is 5.10 Å². The number of H-pyrrole nitrogens is 1. The molecule has 0 bridgehead atoms. The molecule has 1 aromatic heterocycles. The van der Waals surface area contributed by atoms with Crippen LogP contribution in [0.3, 0.4) is 0 Å². The number of nitrogens with zero attached hydrogens (tertiary/aromatic N) is 1. The van der Waals surface area contributed by atoms with Crippen molar-refractivity contribution in [3.63, 3.8) is 0 Å². The fourth-order valence-corrected chi connectivity index (χ4v) is 0.641. The summed E-state index contributed by atoms with van der Waals surface area (Å²) in [6.45, 7) is 0.849. The third-order valence-corrected chi connectivity index (χ3v) is 1.12. The van der Waals surface area contributed by atoms with Gasteiger partial charge in [0.2, 0.25) is 0 Å². The van der Waals surface area contributed by atoms with Crippen LogP contribution in [0.5, 0.6) is 0 Å². The second kappa shape index (κ2) is 3.66. The Morgan fingerprint density at radius 3 is 3.30 bits per heavy atom. The summed E-state index contributed by atoms with van der Waals surface area (Å²) < 4.78 is 4.48. The summed E-state index contributed by atoms with van der Waals surface area (Å²) in [7, 11) is 0. The molecule has 1 aromatic rings. The highest BCUT2D eigenvalue weighted by Gasteiger charge is 1.91. The van der Waals surface area contributed by atoms with Crippen molar-refractivity contribution in [3.05, 3.63) is 18.0 Å². The molecule has 1 rings (SSSR count). The van der Waals surface area contributed by atoms with Crippen LogP contribution in [-0.4, -0.2) is 23.3 Å². The number of hydrogen-bond acceptors (Lipinski definition) is 3. The highest BCUT2D eigenvalue weighted by atomic mass is 16.5. The molecule has 0 aromatic carbocycles. The van der Waals surface area contributed by atoms with E-state index in [0.717, 1.165) is 5.69 Å². The minimum Gasteiger partial charge on any atom is -0.467 e. The first-order valence-corrected chi connectivity index (χ1v) is 2.97. The van der Waals surface area contributed by atoms with Gasteiger partial charge in [0.15, 0.2) is 0 Å². The fraction of sp³-hybridized carbons (Fsp3) is 0.333. The molecule has 4 heteroatoms. The molecule has 4 nitrogen and oxygen atoms in total. The number of rotatable bonds is 4. The maximum absolute atomic E-state index is 9.69. The van der Waals surface area contributed by atoms with E-state index in [4.69, 9.17) is 0 Å². The zero-order valence-electron chi connectivity index (χ0n) is 5.41. The Kier molecular flexibility index (Phi) is 2.49. The zero-order chi connectivity index (χ0) is 7.23. The maximum Gasteiger partial charge on any atom is 0.293 e. The summed E-state index contributed by atoms with van der Waals surface area (Å²) in [4.78, 5) is 9.69. The highest BCUT2D eigenvalue weighted by molar-refractivity contribution is 5.36. The first kappa shape index (κ1) is 6.80. The minimum atomic E-state index is 0.408. The Labute approximate surface area is 58.2 Å². The number of carbonyl (C=O) groups is 1. The third-order valence-electron chi connectivity index (χ3n) is 1.12. The lowest BCUT2D eigenvalue weighted by Crippen LogP contribution is -1.96. The number of aromatic amines is 1. The molecular formula is C6H8N2O2. The number of carbonyl (C=O) groups excluding carboxylic acids is 1. The van der Waals surface area contributed by atoms with E-state index < -0.39 is 0 Å². The molecule has 0 saturated carbocycles. The van der Waals surface area contributed by atoms with E-state index in [-0.39, 0.29) is 0 Å². The van der Waals surface area contributed by atoms with Crippen molar-refractivity contribution in [3.8, 4) is 0 Å². The molecule has 0 fully saturated rings. The molecule has 0 radical (unpaired) electrons. The van der Waals surface area contributed by atoms with Gasteiger partial charge in [0, 0.05) is 18.3 Å². The highest BCUT2D eigenvalue weighted by Crippen LogP contribution is 1.91. The van der Waals surface area contributed by atoms with E-state index >= 15 is 0 Å². The molecule has 0 atom stereocenters. The van der Waals surface area contributed by atoms with E-state index in [2.05, 4.69) is 14.9 Å². The first-order valence-electron chi connectivity index (χ1n) is 2.97. The van der Waals surface area contributed by atoms with E-state index in [0.29, 0.717) is 19.5 Å². The predicted octanol–water partition coefficient (Wildman–Crippen LogP) is 0.125. The second-order valence-electron chi connectivity index (χ2n) is 1.80. The van der Waals surface area contributed by atoms with Gasteiger partial charge in [-0.15, -0.1) is 0 Å². The molecule has 1 heterocycles. The SMILES string of the molecule is O=COCCc1ccn[nH]1. The first-order chi connectivity index (χ1) is 4.93. The van der Waals surface area contributed by atoms with Crippen LogP contribution in [0.25, 0.3) is 0 Å². The predicted molar refractivity (Wildman–Crippen MR) is 34.3 cm³/mol. The maximum atomic E-state index is 9.69. The fourth-order valence-electron chi connectivity index (χ4n) is 0.641. The molecule has 10 heavy (non-hydrogen) atoms. The van der Waals surface area contributed by atoms with Crippen LogP contribution >= 0.6 is 0 Å².